The van der Waals surface area contributed by atoms with Crippen LogP contribution in [0.3, 0.4) is 0 Å². The van der Waals surface area contributed by atoms with Crippen LogP contribution in [0.25, 0.3) is 0 Å². The number of carbonyl (C=O) groups is 2. The van der Waals surface area contributed by atoms with Crippen LogP contribution in [0, 0.1) is 12.7 Å². The minimum atomic E-state index is -4.13. The number of hydrogen-bond acceptors (Lipinski definition) is 5. The first-order chi connectivity index (χ1) is 14.7. The maximum atomic E-state index is 13.4. The second kappa shape index (κ2) is 8.10. The van der Waals surface area contributed by atoms with E-state index in [0.29, 0.717) is 24.1 Å². The number of halogens is 2. The van der Waals surface area contributed by atoms with Gasteiger partial charge in [-0.05, 0) is 49.6 Å². The van der Waals surface area contributed by atoms with Gasteiger partial charge in [-0.15, -0.1) is 0 Å². The second-order valence-electron chi connectivity index (χ2n) is 7.34. The van der Waals surface area contributed by atoms with E-state index in [0.717, 1.165) is 4.31 Å². The molecule has 1 atom stereocenters. The average Bonchev–Trinajstić information content (AvgIpc) is 3.20. The summed E-state index contributed by atoms with van der Waals surface area (Å²) in [7, 11) is -4.13. The molecule has 2 heterocycles. The molecule has 0 bridgehead atoms. The van der Waals surface area contributed by atoms with Gasteiger partial charge in [0.05, 0.1) is 10.7 Å². The Balaban J connectivity index is 1.62. The van der Waals surface area contributed by atoms with Gasteiger partial charge in [0.15, 0.2) is 6.61 Å². The predicted molar refractivity (Wildman–Crippen MR) is 112 cm³/mol. The van der Waals surface area contributed by atoms with Gasteiger partial charge in [0.1, 0.15) is 22.5 Å². The summed E-state index contributed by atoms with van der Waals surface area (Å²) < 4.78 is 46.4. The van der Waals surface area contributed by atoms with Crippen molar-refractivity contribution in [2.24, 2.45) is 0 Å². The Bertz CT molecular complexity index is 1190. The van der Waals surface area contributed by atoms with Crippen molar-refractivity contribution in [2.75, 3.05) is 23.8 Å². The molecule has 2 amide bonds. The van der Waals surface area contributed by atoms with Crippen LogP contribution in [-0.2, 0) is 19.6 Å². The highest BCUT2D eigenvalue weighted by atomic mass is 35.5. The van der Waals surface area contributed by atoms with Crippen LogP contribution >= 0.6 is 11.6 Å². The first-order valence-corrected chi connectivity index (χ1v) is 11.3. The Kier molecular flexibility index (Phi) is 5.63. The number of nitrogens with one attached hydrogen (secondary N) is 2. The molecule has 2 aromatic rings. The van der Waals surface area contributed by atoms with Crippen molar-refractivity contribution in [3.63, 3.8) is 0 Å². The fourth-order valence-corrected chi connectivity index (χ4v) is 5.85. The molecule has 8 nitrogen and oxygen atoms in total. The summed E-state index contributed by atoms with van der Waals surface area (Å²) in [5.74, 6) is -1.12. The van der Waals surface area contributed by atoms with Gasteiger partial charge in [0, 0.05) is 18.3 Å². The molecule has 2 aliphatic heterocycles. The number of rotatable bonds is 4. The lowest BCUT2D eigenvalue weighted by atomic mass is 10.1. The molecule has 0 aliphatic carbocycles. The van der Waals surface area contributed by atoms with E-state index in [9.17, 15) is 22.4 Å². The Hall–Kier alpha value is -2.69. The van der Waals surface area contributed by atoms with Gasteiger partial charge in [-0.3, -0.25) is 9.59 Å². The average molecular weight is 468 g/mol. The molecule has 2 aliphatic rings. The predicted octanol–water partition coefficient (Wildman–Crippen LogP) is 2.91. The number of aryl methyl sites for hydroxylation is 1. The minimum Gasteiger partial charge on any atom is -0.482 e. The van der Waals surface area contributed by atoms with E-state index in [2.05, 4.69) is 10.6 Å². The van der Waals surface area contributed by atoms with Gasteiger partial charge in [0.25, 0.3) is 5.91 Å². The van der Waals surface area contributed by atoms with E-state index in [1.165, 1.54) is 30.3 Å². The van der Waals surface area contributed by atoms with Crippen molar-refractivity contribution < 1.29 is 27.1 Å². The number of sulfonamides is 1. The molecule has 1 saturated heterocycles. The van der Waals surface area contributed by atoms with E-state index < -0.39 is 27.8 Å². The van der Waals surface area contributed by atoms with Crippen molar-refractivity contribution in [3.8, 4) is 5.75 Å². The molecule has 0 radical (unpaired) electrons. The Morgan fingerprint density at radius 3 is 2.84 bits per heavy atom. The summed E-state index contributed by atoms with van der Waals surface area (Å²) in [6, 6.07) is 5.56. The van der Waals surface area contributed by atoms with E-state index in [1.54, 1.807) is 6.92 Å². The zero-order valence-corrected chi connectivity index (χ0v) is 18.0. The molecular weight excluding hydrogens is 449 g/mol. The Morgan fingerprint density at radius 1 is 1.32 bits per heavy atom. The summed E-state index contributed by atoms with van der Waals surface area (Å²) in [6.45, 7) is 1.56. The van der Waals surface area contributed by atoms with E-state index in [-0.39, 0.29) is 40.4 Å². The number of benzene rings is 2. The lowest BCUT2D eigenvalue weighted by Gasteiger charge is -2.25. The van der Waals surface area contributed by atoms with E-state index in [1.807, 2.05) is 0 Å². The van der Waals surface area contributed by atoms with Gasteiger partial charge in [0.2, 0.25) is 15.9 Å². The Morgan fingerprint density at radius 2 is 2.10 bits per heavy atom. The summed E-state index contributed by atoms with van der Waals surface area (Å²) in [5.41, 5.74) is 1.21. The van der Waals surface area contributed by atoms with Crippen LogP contribution in [0.2, 0.25) is 5.02 Å². The molecule has 2 N–H and O–H groups in total. The lowest BCUT2D eigenvalue weighted by molar-refractivity contribution is -0.119. The third-order valence-corrected chi connectivity index (χ3v) is 7.58. The molecule has 0 saturated carbocycles. The maximum Gasteiger partial charge on any atom is 0.262 e. The fraction of sp³-hybridized carbons (Fsp3) is 0.300. The molecule has 0 spiro atoms. The Labute approximate surface area is 183 Å². The van der Waals surface area contributed by atoms with Gasteiger partial charge >= 0.3 is 0 Å². The summed E-state index contributed by atoms with van der Waals surface area (Å²) >= 11 is 6.22. The highest BCUT2D eigenvalue weighted by molar-refractivity contribution is 7.89. The quantitative estimate of drug-likeness (QED) is 0.719. The van der Waals surface area contributed by atoms with Crippen molar-refractivity contribution in [2.45, 2.75) is 30.7 Å². The number of fused-ring (bicyclic) bond motifs is 1. The minimum absolute atomic E-state index is 0.0926. The molecule has 1 fully saturated rings. The lowest BCUT2D eigenvalue weighted by Crippen LogP contribution is -2.43. The molecular formula is C20H19ClFN3O5S. The smallest absolute Gasteiger partial charge is 0.262 e. The first kappa shape index (κ1) is 21.5. The normalized spacial score (nSPS) is 18.8. The van der Waals surface area contributed by atoms with Crippen LogP contribution < -0.4 is 15.4 Å². The molecule has 11 heteroatoms. The molecule has 2 aromatic carbocycles. The second-order valence-corrected chi connectivity index (χ2v) is 9.60. The molecule has 4 rings (SSSR count). The molecule has 164 valence electrons. The highest BCUT2D eigenvalue weighted by Gasteiger charge is 2.41. The van der Waals surface area contributed by atoms with E-state index in [4.69, 9.17) is 16.3 Å². The molecule has 31 heavy (non-hydrogen) atoms. The topological polar surface area (TPSA) is 105 Å². The van der Waals surface area contributed by atoms with Crippen molar-refractivity contribution >= 4 is 44.8 Å². The highest BCUT2D eigenvalue weighted by Crippen LogP contribution is 2.38. The van der Waals surface area contributed by atoms with Gasteiger partial charge in [-0.1, -0.05) is 11.6 Å². The largest absolute Gasteiger partial charge is 0.482 e. The first-order valence-electron chi connectivity index (χ1n) is 9.52. The van der Waals surface area contributed by atoms with Crippen molar-refractivity contribution in [1.29, 1.82) is 0 Å². The molecule has 0 unspecified atom stereocenters. The fourth-order valence-electron chi connectivity index (χ4n) is 3.68. The van der Waals surface area contributed by atoms with Crippen LogP contribution in [0.4, 0.5) is 15.8 Å². The summed E-state index contributed by atoms with van der Waals surface area (Å²) in [4.78, 5) is 24.1. The SMILES string of the molecule is Cc1cc(F)ccc1NC(=O)[C@H]1CCCN1S(=O)(=O)c1cc2c(cc1Cl)NC(=O)CO2. The summed E-state index contributed by atoms with van der Waals surface area (Å²) in [6.07, 6.45) is 0.829. The van der Waals surface area contributed by atoms with Gasteiger partial charge < -0.3 is 15.4 Å². The number of carbonyl (C=O) groups excluding carboxylic acids is 2. The summed E-state index contributed by atoms with van der Waals surface area (Å²) in [5, 5.41) is 5.16. The molecule has 0 aromatic heterocycles. The van der Waals surface area contributed by atoms with Crippen LogP contribution in [0.15, 0.2) is 35.2 Å². The standard InChI is InChI=1S/C20H19ClFN3O5S/c1-11-7-12(22)4-5-14(11)24-20(27)16-3-2-6-25(16)31(28,29)18-9-17-15(8-13(18)21)23-19(26)10-30-17/h4-5,7-9,16H,2-3,6,10H2,1H3,(H,23,26)(H,24,27)/t16-/m1/s1. The third-order valence-electron chi connectivity index (χ3n) is 5.21. The van der Waals surface area contributed by atoms with Crippen LogP contribution in [0.5, 0.6) is 5.75 Å². The van der Waals surface area contributed by atoms with Gasteiger partial charge in [-0.2, -0.15) is 4.31 Å². The van der Waals surface area contributed by atoms with Crippen molar-refractivity contribution in [3.05, 3.63) is 46.7 Å². The monoisotopic (exact) mass is 467 g/mol. The van der Waals surface area contributed by atoms with Crippen LogP contribution in [-0.4, -0.2) is 43.7 Å². The van der Waals surface area contributed by atoms with Gasteiger partial charge in [-0.25, -0.2) is 12.8 Å². The number of nitrogens with zero attached hydrogens (tertiary/aromatic N) is 1. The van der Waals surface area contributed by atoms with Crippen LogP contribution in [0.1, 0.15) is 18.4 Å². The number of hydrogen-bond donors (Lipinski definition) is 2. The maximum absolute atomic E-state index is 13.4. The third kappa shape index (κ3) is 4.10. The number of anilines is 2. The number of ether oxygens (including phenoxy) is 1. The van der Waals surface area contributed by atoms with Crippen molar-refractivity contribution in [1.82, 2.24) is 4.31 Å². The zero-order valence-electron chi connectivity index (χ0n) is 16.4. The zero-order chi connectivity index (χ0) is 22.3. The number of amides is 2. The van der Waals surface area contributed by atoms with E-state index >= 15 is 0 Å².